The highest BCUT2D eigenvalue weighted by atomic mass is 35.5. The maximum absolute atomic E-state index is 14.3. The molecular weight excluding hydrogens is 457 g/mol. The van der Waals surface area contributed by atoms with Crippen molar-refractivity contribution in [3.63, 3.8) is 0 Å². The topological polar surface area (TPSA) is 81.1 Å². The van der Waals surface area contributed by atoms with Crippen molar-refractivity contribution >= 4 is 17.5 Å². The fourth-order valence-corrected chi connectivity index (χ4v) is 4.87. The van der Waals surface area contributed by atoms with Crippen LogP contribution in [0.1, 0.15) is 37.3 Å². The molecule has 1 unspecified atom stereocenters. The number of aromatic nitrogens is 3. The van der Waals surface area contributed by atoms with Gasteiger partial charge < -0.3 is 19.9 Å². The summed E-state index contributed by atoms with van der Waals surface area (Å²) in [4.78, 5) is 22.2. The number of hydrogen-bond acceptors (Lipinski definition) is 6. The summed E-state index contributed by atoms with van der Waals surface area (Å²) >= 11 is 5.90. The number of nitrogens with zero attached hydrogens (tertiary/aromatic N) is 3. The van der Waals surface area contributed by atoms with Gasteiger partial charge in [-0.15, -0.1) is 0 Å². The summed E-state index contributed by atoms with van der Waals surface area (Å²) in [6, 6.07) is 9.95. The molecule has 0 bridgehead atoms. The van der Waals surface area contributed by atoms with Crippen LogP contribution in [0, 0.1) is 5.82 Å². The molecule has 2 atom stereocenters. The predicted molar refractivity (Wildman–Crippen MR) is 130 cm³/mol. The number of halogens is 2. The zero-order valence-corrected chi connectivity index (χ0v) is 19.5. The monoisotopic (exact) mass is 483 g/mol. The lowest BCUT2D eigenvalue weighted by atomic mass is 9.97. The second-order valence-electron chi connectivity index (χ2n) is 8.78. The molecular formula is C25H27ClFN5O2. The highest BCUT2D eigenvalue weighted by Gasteiger charge is 2.29. The highest BCUT2D eigenvalue weighted by Crippen LogP contribution is 2.29. The molecule has 2 aliphatic heterocycles. The first kappa shape index (κ1) is 23.0. The van der Waals surface area contributed by atoms with Crippen molar-refractivity contribution in [1.82, 2.24) is 19.9 Å². The minimum atomic E-state index is -0.489. The number of benzene rings is 1. The second kappa shape index (κ2) is 10.2. The summed E-state index contributed by atoms with van der Waals surface area (Å²) in [5.41, 5.74) is 1.91. The molecule has 3 aromatic rings. The number of pyridine rings is 1. The lowest BCUT2D eigenvalue weighted by Gasteiger charge is -2.27. The minimum Gasteiger partial charge on any atom is -0.381 e. The SMILES string of the molecule is O=c1cc(-c2ccnc(NC3CCOCC3)n2)ccn1[C@@H](c1ccc(Cl)c(F)c1)C1CCCN1. The van der Waals surface area contributed by atoms with Gasteiger partial charge in [-0.1, -0.05) is 17.7 Å². The summed E-state index contributed by atoms with van der Waals surface area (Å²) in [5, 5.41) is 6.89. The Morgan fingerprint density at radius 1 is 1.18 bits per heavy atom. The summed E-state index contributed by atoms with van der Waals surface area (Å²) in [7, 11) is 0. The Labute approximate surface area is 202 Å². The first-order chi connectivity index (χ1) is 16.6. The molecule has 1 aromatic carbocycles. The summed E-state index contributed by atoms with van der Waals surface area (Å²) in [5.74, 6) is 0.0515. The molecule has 2 N–H and O–H groups in total. The first-order valence-electron chi connectivity index (χ1n) is 11.7. The number of hydrogen-bond donors (Lipinski definition) is 2. The average molecular weight is 484 g/mol. The molecule has 4 heterocycles. The van der Waals surface area contributed by atoms with Crippen molar-refractivity contribution in [1.29, 1.82) is 0 Å². The second-order valence-corrected chi connectivity index (χ2v) is 9.19. The third-order valence-corrected chi connectivity index (χ3v) is 6.82. The van der Waals surface area contributed by atoms with Gasteiger partial charge >= 0.3 is 0 Å². The van der Waals surface area contributed by atoms with E-state index in [1.165, 1.54) is 6.07 Å². The van der Waals surface area contributed by atoms with E-state index in [1.807, 2.05) is 6.07 Å². The molecule has 2 aliphatic rings. The number of ether oxygens (including phenoxy) is 1. The molecule has 0 radical (unpaired) electrons. The van der Waals surface area contributed by atoms with E-state index in [1.54, 1.807) is 41.2 Å². The highest BCUT2D eigenvalue weighted by molar-refractivity contribution is 6.30. The van der Waals surface area contributed by atoms with Crippen LogP contribution in [0.3, 0.4) is 0 Å². The molecule has 178 valence electrons. The van der Waals surface area contributed by atoms with Gasteiger partial charge in [-0.05, 0) is 62.1 Å². The molecule has 34 heavy (non-hydrogen) atoms. The van der Waals surface area contributed by atoms with Crippen LogP contribution in [0.5, 0.6) is 0 Å². The van der Waals surface area contributed by atoms with E-state index in [0.717, 1.165) is 45.4 Å². The zero-order chi connectivity index (χ0) is 23.5. The van der Waals surface area contributed by atoms with Gasteiger partial charge in [0.25, 0.3) is 5.56 Å². The van der Waals surface area contributed by atoms with E-state index >= 15 is 0 Å². The summed E-state index contributed by atoms with van der Waals surface area (Å²) in [6.45, 7) is 2.32. The number of anilines is 1. The Bertz CT molecular complexity index is 1210. The molecule has 0 spiro atoms. The van der Waals surface area contributed by atoms with Gasteiger partial charge in [-0.3, -0.25) is 4.79 Å². The van der Waals surface area contributed by atoms with E-state index < -0.39 is 5.82 Å². The van der Waals surface area contributed by atoms with Gasteiger partial charge in [0.05, 0.1) is 16.8 Å². The minimum absolute atomic E-state index is 0.0263. The number of rotatable bonds is 6. The van der Waals surface area contributed by atoms with Crippen LogP contribution in [0.15, 0.2) is 53.6 Å². The van der Waals surface area contributed by atoms with E-state index in [-0.39, 0.29) is 28.7 Å². The third-order valence-electron chi connectivity index (χ3n) is 6.52. The Morgan fingerprint density at radius 2 is 2.03 bits per heavy atom. The van der Waals surface area contributed by atoms with Crippen LogP contribution in [0.2, 0.25) is 5.02 Å². The Hall–Kier alpha value is -2.81. The van der Waals surface area contributed by atoms with Crippen molar-refractivity contribution in [3.05, 3.63) is 75.5 Å². The molecule has 5 rings (SSSR count). The van der Waals surface area contributed by atoms with Crippen LogP contribution >= 0.6 is 11.6 Å². The van der Waals surface area contributed by atoms with Crippen LogP contribution in [0.25, 0.3) is 11.3 Å². The Morgan fingerprint density at radius 3 is 2.76 bits per heavy atom. The van der Waals surface area contributed by atoms with Crippen LogP contribution < -0.4 is 16.2 Å². The molecule has 7 nitrogen and oxygen atoms in total. The van der Waals surface area contributed by atoms with Crippen LogP contribution in [-0.2, 0) is 4.74 Å². The summed E-state index contributed by atoms with van der Waals surface area (Å²) < 4.78 is 21.3. The Kier molecular flexibility index (Phi) is 6.89. The largest absolute Gasteiger partial charge is 0.381 e. The van der Waals surface area contributed by atoms with Gasteiger partial charge in [0.1, 0.15) is 5.82 Å². The third kappa shape index (κ3) is 4.99. The van der Waals surface area contributed by atoms with Crippen molar-refractivity contribution < 1.29 is 9.13 Å². The van der Waals surface area contributed by atoms with Crippen molar-refractivity contribution in [2.75, 3.05) is 25.1 Å². The van der Waals surface area contributed by atoms with E-state index in [4.69, 9.17) is 16.3 Å². The normalized spacial score (nSPS) is 19.8. The molecule has 2 saturated heterocycles. The Balaban J connectivity index is 1.44. The molecule has 0 amide bonds. The van der Waals surface area contributed by atoms with Crippen molar-refractivity contribution in [2.45, 2.75) is 43.8 Å². The van der Waals surface area contributed by atoms with Crippen molar-refractivity contribution in [2.24, 2.45) is 0 Å². The quantitative estimate of drug-likeness (QED) is 0.551. The average Bonchev–Trinajstić information content (AvgIpc) is 3.38. The van der Waals surface area contributed by atoms with Gasteiger partial charge in [0.15, 0.2) is 0 Å². The van der Waals surface area contributed by atoms with Crippen molar-refractivity contribution in [3.8, 4) is 11.3 Å². The summed E-state index contributed by atoms with van der Waals surface area (Å²) in [6.07, 6.45) is 7.18. The van der Waals surface area contributed by atoms with Crippen LogP contribution in [0.4, 0.5) is 10.3 Å². The van der Waals surface area contributed by atoms with Gasteiger partial charge in [0.2, 0.25) is 5.95 Å². The van der Waals surface area contributed by atoms with E-state index in [9.17, 15) is 9.18 Å². The smallest absolute Gasteiger partial charge is 0.251 e. The zero-order valence-electron chi connectivity index (χ0n) is 18.7. The van der Waals surface area contributed by atoms with E-state index in [0.29, 0.717) is 22.8 Å². The van der Waals surface area contributed by atoms with Gasteiger partial charge in [0, 0.05) is 49.3 Å². The molecule has 0 saturated carbocycles. The van der Waals surface area contributed by atoms with E-state index in [2.05, 4.69) is 20.6 Å². The van der Waals surface area contributed by atoms with Crippen LogP contribution in [-0.4, -0.2) is 46.4 Å². The molecule has 0 aliphatic carbocycles. The first-order valence-corrected chi connectivity index (χ1v) is 12.0. The lowest BCUT2D eigenvalue weighted by molar-refractivity contribution is 0.0903. The van der Waals surface area contributed by atoms with Gasteiger partial charge in [-0.2, -0.15) is 0 Å². The fraction of sp³-hybridized carbons (Fsp3) is 0.400. The van der Waals surface area contributed by atoms with Gasteiger partial charge in [-0.25, -0.2) is 14.4 Å². The standard InChI is InChI=1S/C25H27ClFN5O2/c26-19-4-3-17(14-20(19)27)24(22-2-1-9-28-22)32-11-6-16(15-23(32)33)21-5-10-29-25(31-21)30-18-7-12-34-13-8-18/h3-6,10-11,14-15,18,22,24,28H,1-2,7-9,12-13H2,(H,29,30,31)/t22?,24-/m0/s1. The maximum atomic E-state index is 14.3. The maximum Gasteiger partial charge on any atom is 0.251 e. The predicted octanol–water partition coefficient (Wildman–Crippen LogP) is 4.03. The number of nitrogens with one attached hydrogen (secondary N) is 2. The lowest BCUT2D eigenvalue weighted by Crippen LogP contribution is -2.38. The molecule has 2 aromatic heterocycles. The molecule has 2 fully saturated rings. The molecule has 9 heteroatoms. The fourth-order valence-electron chi connectivity index (χ4n) is 4.76.